The highest BCUT2D eigenvalue weighted by molar-refractivity contribution is 5.85. The van der Waals surface area contributed by atoms with Crippen molar-refractivity contribution in [2.24, 2.45) is 5.73 Å². The van der Waals surface area contributed by atoms with Crippen LogP contribution in [0, 0.1) is 10.1 Å². The molecule has 0 saturated heterocycles. The smallest absolute Gasteiger partial charge is 0.321 e. The van der Waals surface area contributed by atoms with Gasteiger partial charge in [0.1, 0.15) is 6.04 Å². The average molecular weight is 276 g/mol. The van der Waals surface area contributed by atoms with Crippen LogP contribution in [-0.2, 0) is 11.3 Å². The van der Waals surface area contributed by atoms with E-state index in [0.717, 1.165) is 0 Å². The van der Waals surface area contributed by atoms with Gasteiger partial charge in [-0.15, -0.1) is 12.4 Å². The first-order valence-electron chi connectivity index (χ1n) is 4.93. The molecule has 4 N–H and O–H groups in total. The standard InChI is InChI=1S/C10H13N3O4.ClH/c11-8(10(14)15)6-12-5-7-3-1-2-4-9(7)13(16)17;/h1-4,8,12H,5-6,11H2,(H,14,15);1H. The second kappa shape index (κ2) is 7.59. The molecule has 0 radical (unpaired) electrons. The summed E-state index contributed by atoms with van der Waals surface area (Å²) in [5, 5.41) is 22.0. The number of rotatable bonds is 6. The van der Waals surface area contributed by atoms with Crippen LogP contribution in [0.25, 0.3) is 0 Å². The van der Waals surface area contributed by atoms with E-state index in [4.69, 9.17) is 10.8 Å². The van der Waals surface area contributed by atoms with E-state index in [1.807, 2.05) is 0 Å². The molecule has 0 fully saturated rings. The fourth-order valence-electron chi connectivity index (χ4n) is 1.29. The number of nitrogens with zero attached hydrogens (tertiary/aromatic N) is 1. The van der Waals surface area contributed by atoms with E-state index >= 15 is 0 Å². The topological polar surface area (TPSA) is 118 Å². The number of nitro benzene ring substituents is 1. The van der Waals surface area contributed by atoms with Crippen LogP contribution in [0.3, 0.4) is 0 Å². The van der Waals surface area contributed by atoms with Crippen molar-refractivity contribution in [1.29, 1.82) is 0 Å². The number of para-hydroxylation sites is 1. The molecule has 1 aromatic rings. The van der Waals surface area contributed by atoms with E-state index in [1.54, 1.807) is 18.2 Å². The second-order valence-corrected chi connectivity index (χ2v) is 3.46. The number of aliphatic carboxylic acids is 1. The summed E-state index contributed by atoms with van der Waals surface area (Å²) in [4.78, 5) is 20.7. The van der Waals surface area contributed by atoms with Crippen LogP contribution in [0.2, 0.25) is 0 Å². The highest BCUT2D eigenvalue weighted by atomic mass is 35.5. The number of hydrogen-bond donors (Lipinski definition) is 3. The minimum absolute atomic E-state index is 0. The van der Waals surface area contributed by atoms with Crippen molar-refractivity contribution in [2.45, 2.75) is 12.6 Å². The monoisotopic (exact) mass is 275 g/mol. The van der Waals surface area contributed by atoms with E-state index < -0.39 is 16.9 Å². The highest BCUT2D eigenvalue weighted by Crippen LogP contribution is 2.16. The van der Waals surface area contributed by atoms with Crippen LogP contribution in [-0.4, -0.2) is 28.6 Å². The molecule has 0 bridgehead atoms. The first-order valence-corrected chi connectivity index (χ1v) is 4.93. The third kappa shape index (κ3) is 4.66. The summed E-state index contributed by atoms with van der Waals surface area (Å²) >= 11 is 0. The first kappa shape index (κ1) is 16.3. The molecular formula is C10H14ClN3O4. The Morgan fingerprint density at radius 3 is 2.67 bits per heavy atom. The Bertz CT molecular complexity index is 427. The Balaban J connectivity index is 0.00000289. The van der Waals surface area contributed by atoms with Crippen LogP contribution in [0.1, 0.15) is 5.56 Å². The predicted molar refractivity (Wildman–Crippen MR) is 67.7 cm³/mol. The summed E-state index contributed by atoms with van der Waals surface area (Å²) in [7, 11) is 0. The van der Waals surface area contributed by atoms with Crippen LogP contribution in [0.4, 0.5) is 5.69 Å². The van der Waals surface area contributed by atoms with Crippen molar-refractivity contribution in [2.75, 3.05) is 6.54 Å². The molecule has 1 atom stereocenters. The first-order chi connectivity index (χ1) is 8.02. The SMILES string of the molecule is Cl.NC(CNCc1ccccc1[N+](=O)[O-])C(=O)O. The number of halogens is 1. The van der Waals surface area contributed by atoms with Gasteiger partial charge < -0.3 is 16.2 Å². The summed E-state index contributed by atoms with van der Waals surface area (Å²) in [6, 6.07) is 5.25. The number of hydrogen-bond acceptors (Lipinski definition) is 5. The zero-order chi connectivity index (χ0) is 12.8. The molecule has 0 aliphatic carbocycles. The number of carboxylic acid groups (broad SMARTS) is 1. The van der Waals surface area contributed by atoms with E-state index in [0.29, 0.717) is 5.56 Å². The molecule has 0 aliphatic heterocycles. The summed E-state index contributed by atoms with van der Waals surface area (Å²) in [5.41, 5.74) is 5.78. The Morgan fingerprint density at radius 1 is 1.50 bits per heavy atom. The summed E-state index contributed by atoms with van der Waals surface area (Å²) in [6.45, 7) is 0.263. The van der Waals surface area contributed by atoms with Crippen molar-refractivity contribution in [3.63, 3.8) is 0 Å². The molecule has 0 aromatic heterocycles. The van der Waals surface area contributed by atoms with Crippen LogP contribution in [0.15, 0.2) is 24.3 Å². The molecular weight excluding hydrogens is 262 g/mol. The van der Waals surface area contributed by atoms with Gasteiger partial charge in [-0.3, -0.25) is 14.9 Å². The molecule has 0 aliphatic rings. The molecule has 1 aromatic carbocycles. The van der Waals surface area contributed by atoms with Gasteiger partial charge in [0.05, 0.1) is 4.92 Å². The summed E-state index contributed by atoms with van der Waals surface area (Å²) < 4.78 is 0. The van der Waals surface area contributed by atoms with Gasteiger partial charge in [0.25, 0.3) is 5.69 Å². The normalized spacial score (nSPS) is 11.4. The molecule has 1 rings (SSSR count). The highest BCUT2D eigenvalue weighted by Gasteiger charge is 2.14. The van der Waals surface area contributed by atoms with Crippen molar-refractivity contribution in [3.8, 4) is 0 Å². The minimum Gasteiger partial charge on any atom is -0.480 e. The molecule has 7 nitrogen and oxygen atoms in total. The van der Waals surface area contributed by atoms with E-state index in [-0.39, 0.29) is 31.2 Å². The van der Waals surface area contributed by atoms with Gasteiger partial charge in [-0.05, 0) is 0 Å². The number of nitrogens with two attached hydrogens (primary N) is 1. The third-order valence-electron chi connectivity index (χ3n) is 2.19. The molecule has 0 saturated carbocycles. The second-order valence-electron chi connectivity index (χ2n) is 3.46. The van der Waals surface area contributed by atoms with Crippen LogP contribution >= 0.6 is 12.4 Å². The number of nitro groups is 1. The molecule has 18 heavy (non-hydrogen) atoms. The molecule has 0 spiro atoms. The predicted octanol–water partition coefficient (Wildman–Crippen LogP) is 0.518. The van der Waals surface area contributed by atoms with Crippen LogP contribution in [0.5, 0.6) is 0 Å². The van der Waals surface area contributed by atoms with Crippen molar-refractivity contribution >= 4 is 24.1 Å². The van der Waals surface area contributed by atoms with Gasteiger partial charge in [0.2, 0.25) is 0 Å². The zero-order valence-electron chi connectivity index (χ0n) is 9.41. The van der Waals surface area contributed by atoms with Crippen molar-refractivity contribution in [1.82, 2.24) is 5.32 Å². The van der Waals surface area contributed by atoms with Crippen molar-refractivity contribution < 1.29 is 14.8 Å². The van der Waals surface area contributed by atoms with E-state index in [2.05, 4.69) is 5.32 Å². The maximum absolute atomic E-state index is 10.7. The van der Waals surface area contributed by atoms with Crippen molar-refractivity contribution in [3.05, 3.63) is 39.9 Å². The largest absolute Gasteiger partial charge is 0.480 e. The Labute approximate surface area is 110 Å². The lowest BCUT2D eigenvalue weighted by Gasteiger charge is -2.08. The molecule has 8 heteroatoms. The van der Waals surface area contributed by atoms with Gasteiger partial charge in [-0.2, -0.15) is 0 Å². The fraction of sp³-hybridized carbons (Fsp3) is 0.300. The van der Waals surface area contributed by atoms with Gasteiger partial charge in [0, 0.05) is 24.7 Å². The van der Waals surface area contributed by atoms with Crippen LogP contribution < -0.4 is 11.1 Å². The van der Waals surface area contributed by atoms with E-state index in [9.17, 15) is 14.9 Å². The van der Waals surface area contributed by atoms with Gasteiger partial charge in [-0.25, -0.2) is 0 Å². The molecule has 0 amide bonds. The quantitative estimate of drug-likeness (QED) is 0.514. The Hall–Kier alpha value is -1.70. The average Bonchev–Trinajstić information content (AvgIpc) is 2.29. The molecule has 100 valence electrons. The minimum atomic E-state index is -1.11. The maximum Gasteiger partial charge on any atom is 0.321 e. The molecule has 0 heterocycles. The Morgan fingerprint density at radius 2 is 2.11 bits per heavy atom. The van der Waals surface area contributed by atoms with E-state index in [1.165, 1.54) is 6.07 Å². The van der Waals surface area contributed by atoms with Gasteiger partial charge >= 0.3 is 5.97 Å². The lowest BCUT2D eigenvalue weighted by Crippen LogP contribution is -2.40. The molecule has 1 unspecified atom stereocenters. The summed E-state index contributed by atoms with van der Waals surface area (Å²) in [6.07, 6.45) is 0. The van der Waals surface area contributed by atoms with Gasteiger partial charge in [-0.1, -0.05) is 18.2 Å². The lowest BCUT2D eigenvalue weighted by atomic mass is 10.2. The summed E-state index contributed by atoms with van der Waals surface area (Å²) in [5.74, 6) is -1.11. The van der Waals surface area contributed by atoms with Gasteiger partial charge in [0.15, 0.2) is 0 Å². The number of nitrogens with one attached hydrogen (secondary N) is 1. The number of benzene rings is 1. The Kier molecular flexibility index (Phi) is 6.88. The zero-order valence-corrected chi connectivity index (χ0v) is 10.2. The maximum atomic E-state index is 10.7. The number of carboxylic acids is 1. The lowest BCUT2D eigenvalue weighted by molar-refractivity contribution is -0.385. The fourth-order valence-corrected chi connectivity index (χ4v) is 1.29. The number of carbonyl (C=O) groups is 1. The third-order valence-corrected chi connectivity index (χ3v) is 2.19.